The molecule has 0 spiro atoms. The number of hydrogen-bond donors (Lipinski definition) is 4. The van der Waals surface area contributed by atoms with Crippen molar-refractivity contribution in [1.82, 2.24) is 21.3 Å². The first-order valence-electron chi connectivity index (χ1n) is 8.19. The molecule has 0 unspecified atom stereocenters. The fourth-order valence-electron chi connectivity index (χ4n) is 3.98. The van der Waals surface area contributed by atoms with Crippen LogP contribution in [0.1, 0.15) is 20.7 Å². The maximum atomic E-state index is 13.4. The average molecular weight is 398 g/mol. The zero-order valence-electron chi connectivity index (χ0n) is 14.2. The molecule has 8 amide bonds. The van der Waals surface area contributed by atoms with Gasteiger partial charge in [-0.05, 0) is 0 Å². The number of ketones is 2. The number of barbiturate groups is 2. The van der Waals surface area contributed by atoms with Gasteiger partial charge < -0.3 is 0 Å². The molecule has 0 radical (unpaired) electrons. The Hall–Kier alpha value is -4.22. The summed E-state index contributed by atoms with van der Waals surface area (Å²) in [5.74, 6) is -12.0. The predicted molar refractivity (Wildman–Crippen MR) is 87.9 cm³/mol. The molecule has 12 nitrogen and oxygen atoms in total. The van der Waals surface area contributed by atoms with Gasteiger partial charge in [-0.1, -0.05) is 24.3 Å². The second-order valence-electron chi connectivity index (χ2n) is 6.55. The van der Waals surface area contributed by atoms with Crippen LogP contribution in [0.25, 0.3) is 0 Å². The zero-order chi connectivity index (χ0) is 21.1. The number of fused-ring (bicyclic) bond motifs is 1. The quantitative estimate of drug-likeness (QED) is 0.413. The summed E-state index contributed by atoms with van der Waals surface area (Å²) < 4.78 is 0. The SMILES string of the molecule is O=C1NC(=O)C(C2(C3C(=O)NC(=O)NC3=O)C(=O)c3ccccc3C2=O)C(=O)N1. The summed E-state index contributed by atoms with van der Waals surface area (Å²) in [7, 11) is 0. The van der Waals surface area contributed by atoms with Gasteiger partial charge >= 0.3 is 12.1 Å². The van der Waals surface area contributed by atoms with Crippen LogP contribution in [0.15, 0.2) is 24.3 Å². The minimum atomic E-state index is -2.81. The Kier molecular flexibility index (Phi) is 3.69. The van der Waals surface area contributed by atoms with E-state index in [4.69, 9.17) is 0 Å². The maximum absolute atomic E-state index is 13.4. The highest BCUT2D eigenvalue weighted by Crippen LogP contribution is 2.49. The molecule has 0 atom stereocenters. The van der Waals surface area contributed by atoms with E-state index < -0.39 is 64.5 Å². The third-order valence-electron chi connectivity index (χ3n) is 5.07. The van der Waals surface area contributed by atoms with E-state index in [-0.39, 0.29) is 11.1 Å². The number of Topliss-reactive ketones (excluding diaryl/α,β-unsaturated/α-hetero) is 2. The van der Waals surface area contributed by atoms with Gasteiger partial charge in [-0.2, -0.15) is 0 Å². The van der Waals surface area contributed by atoms with Crippen LogP contribution in [0.2, 0.25) is 0 Å². The summed E-state index contributed by atoms with van der Waals surface area (Å²) in [4.78, 5) is 99.8. The summed E-state index contributed by atoms with van der Waals surface area (Å²) in [6.45, 7) is 0. The molecule has 1 aliphatic carbocycles. The number of imide groups is 4. The Balaban J connectivity index is 2.00. The number of benzene rings is 1. The smallest absolute Gasteiger partial charge is 0.293 e. The molecule has 4 rings (SSSR count). The fraction of sp³-hybridized carbons (Fsp3) is 0.176. The van der Waals surface area contributed by atoms with Gasteiger partial charge in [0.05, 0.1) is 0 Å². The van der Waals surface area contributed by atoms with Gasteiger partial charge in [0, 0.05) is 11.1 Å². The largest absolute Gasteiger partial charge is 0.328 e. The van der Waals surface area contributed by atoms with Crippen molar-refractivity contribution in [2.24, 2.45) is 17.3 Å². The van der Waals surface area contributed by atoms with Crippen LogP contribution in [0.4, 0.5) is 9.59 Å². The van der Waals surface area contributed by atoms with Crippen LogP contribution in [0.5, 0.6) is 0 Å². The van der Waals surface area contributed by atoms with Gasteiger partial charge in [0.1, 0.15) is 17.3 Å². The molecule has 1 aromatic rings. The molecule has 2 fully saturated rings. The first-order valence-corrected chi connectivity index (χ1v) is 8.19. The molecule has 2 aliphatic heterocycles. The zero-order valence-corrected chi connectivity index (χ0v) is 14.2. The van der Waals surface area contributed by atoms with E-state index in [0.717, 1.165) is 0 Å². The Morgan fingerprint density at radius 2 is 0.862 bits per heavy atom. The number of rotatable bonds is 2. The molecular formula is C17H10N4O8. The van der Waals surface area contributed by atoms with Crippen molar-refractivity contribution in [1.29, 1.82) is 0 Å². The number of amides is 8. The highest BCUT2D eigenvalue weighted by atomic mass is 16.2. The Labute approximate surface area is 160 Å². The van der Waals surface area contributed by atoms with Crippen LogP contribution in [-0.4, -0.2) is 47.3 Å². The average Bonchev–Trinajstić information content (AvgIpc) is 2.83. The van der Waals surface area contributed by atoms with E-state index >= 15 is 0 Å². The Morgan fingerprint density at radius 3 is 1.17 bits per heavy atom. The molecule has 146 valence electrons. The molecule has 2 heterocycles. The standard InChI is InChI=1S/C17H10N4O8/c22-9-5-3-1-2-4-6(5)10(23)17(9,7-11(24)18-15(28)19-12(7)25)8-13(26)20-16(29)21-14(8)27/h1-4,7-8H,(H2,18,19,24,25,28)(H2,20,21,26,27,29). The topological polar surface area (TPSA) is 185 Å². The molecule has 12 heteroatoms. The van der Waals surface area contributed by atoms with Gasteiger partial charge in [0.25, 0.3) is 0 Å². The fourth-order valence-corrected chi connectivity index (χ4v) is 3.98. The first-order chi connectivity index (χ1) is 13.7. The summed E-state index contributed by atoms with van der Waals surface area (Å²) in [6, 6.07) is 2.93. The summed E-state index contributed by atoms with van der Waals surface area (Å²) in [5, 5.41) is 7.05. The lowest BCUT2D eigenvalue weighted by molar-refractivity contribution is -0.146. The predicted octanol–water partition coefficient (Wildman–Crippen LogP) is -1.98. The second-order valence-corrected chi connectivity index (χ2v) is 6.55. The van der Waals surface area contributed by atoms with Crippen molar-refractivity contribution in [3.8, 4) is 0 Å². The lowest BCUT2D eigenvalue weighted by Gasteiger charge is -2.39. The molecule has 1 aromatic carbocycles. The van der Waals surface area contributed by atoms with E-state index in [0.29, 0.717) is 0 Å². The second kappa shape index (κ2) is 5.89. The molecule has 0 aromatic heterocycles. The van der Waals surface area contributed by atoms with E-state index in [2.05, 4.69) is 0 Å². The monoisotopic (exact) mass is 398 g/mol. The van der Waals surface area contributed by atoms with Gasteiger partial charge in [-0.3, -0.25) is 50.0 Å². The number of hydrogen-bond acceptors (Lipinski definition) is 8. The first kappa shape index (κ1) is 18.2. The van der Waals surface area contributed by atoms with Crippen molar-refractivity contribution < 1.29 is 38.4 Å². The van der Waals surface area contributed by atoms with Gasteiger partial charge in [-0.15, -0.1) is 0 Å². The van der Waals surface area contributed by atoms with E-state index in [9.17, 15) is 38.4 Å². The molecular weight excluding hydrogens is 388 g/mol. The highest BCUT2D eigenvalue weighted by molar-refractivity contribution is 6.38. The normalized spacial score (nSPS) is 22.1. The Bertz CT molecular complexity index is 966. The van der Waals surface area contributed by atoms with E-state index in [1.54, 1.807) is 21.3 Å². The minimum Gasteiger partial charge on any atom is -0.293 e. The van der Waals surface area contributed by atoms with Crippen LogP contribution in [0.3, 0.4) is 0 Å². The lowest BCUT2D eigenvalue weighted by atomic mass is 9.61. The third-order valence-corrected chi connectivity index (χ3v) is 5.07. The summed E-state index contributed by atoms with van der Waals surface area (Å²) in [5.41, 5.74) is -3.21. The summed E-state index contributed by atoms with van der Waals surface area (Å²) >= 11 is 0. The number of urea groups is 2. The molecule has 0 bridgehead atoms. The maximum Gasteiger partial charge on any atom is 0.328 e. The highest BCUT2D eigenvalue weighted by Gasteiger charge is 2.71. The lowest BCUT2D eigenvalue weighted by Crippen LogP contribution is -2.70. The van der Waals surface area contributed by atoms with Gasteiger partial charge in [-0.25, -0.2) is 9.59 Å². The molecule has 4 N–H and O–H groups in total. The van der Waals surface area contributed by atoms with Crippen molar-refractivity contribution in [3.05, 3.63) is 35.4 Å². The van der Waals surface area contributed by atoms with Crippen molar-refractivity contribution >= 4 is 47.3 Å². The third kappa shape index (κ3) is 2.25. The number of carbonyl (C=O) groups excluding carboxylic acids is 8. The number of carbonyl (C=O) groups is 8. The van der Waals surface area contributed by atoms with Crippen molar-refractivity contribution in [3.63, 3.8) is 0 Å². The summed E-state index contributed by atoms with van der Waals surface area (Å²) in [6.07, 6.45) is 0. The van der Waals surface area contributed by atoms with E-state index in [1.165, 1.54) is 24.3 Å². The van der Waals surface area contributed by atoms with Crippen molar-refractivity contribution in [2.75, 3.05) is 0 Å². The molecule has 29 heavy (non-hydrogen) atoms. The van der Waals surface area contributed by atoms with Crippen LogP contribution < -0.4 is 21.3 Å². The van der Waals surface area contributed by atoms with Crippen LogP contribution in [0, 0.1) is 17.3 Å². The van der Waals surface area contributed by atoms with Gasteiger partial charge in [0.15, 0.2) is 11.6 Å². The molecule has 0 saturated carbocycles. The van der Waals surface area contributed by atoms with Crippen LogP contribution in [-0.2, 0) is 19.2 Å². The van der Waals surface area contributed by atoms with Gasteiger partial charge in [0.2, 0.25) is 23.6 Å². The Morgan fingerprint density at radius 1 is 0.552 bits per heavy atom. The molecule has 3 aliphatic rings. The number of nitrogens with one attached hydrogen (secondary N) is 4. The van der Waals surface area contributed by atoms with Crippen molar-refractivity contribution in [2.45, 2.75) is 0 Å². The van der Waals surface area contributed by atoms with E-state index in [1.807, 2.05) is 0 Å². The molecule has 2 saturated heterocycles. The van der Waals surface area contributed by atoms with Crippen LogP contribution >= 0.6 is 0 Å². The minimum absolute atomic E-state index is 0.201.